The third-order valence-corrected chi connectivity index (χ3v) is 5.44. The number of aryl methyl sites for hydroxylation is 1. The smallest absolute Gasteiger partial charge is 0.367 e. The highest BCUT2D eigenvalue weighted by Crippen LogP contribution is 2.23. The first-order valence-corrected chi connectivity index (χ1v) is 9.75. The Morgan fingerprint density at radius 2 is 2.07 bits per heavy atom. The molecule has 4 heterocycles. The molecule has 9 nitrogen and oxygen atoms in total. The molecule has 4 rings (SSSR count). The highest BCUT2D eigenvalue weighted by Gasteiger charge is 2.22. The van der Waals surface area contributed by atoms with Gasteiger partial charge >= 0.3 is 5.97 Å². The predicted octanol–water partition coefficient (Wildman–Crippen LogP) is 1.32. The maximum Gasteiger partial charge on any atom is 0.367 e. The van der Waals surface area contributed by atoms with Crippen molar-refractivity contribution >= 4 is 34.2 Å². The van der Waals surface area contributed by atoms with Gasteiger partial charge in [-0.15, -0.1) is 11.3 Å². The fraction of sp³-hybridized carbons (Fsp3) is 0.471. The summed E-state index contributed by atoms with van der Waals surface area (Å²) in [6, 6.07) is 0. The van der Waals surface area contributed by atoms with Crippen LogP contribution in [-0.2, 0) is 18.3 Å². The van der Waals surface area contributed by atoms with E-state index in [9.17, 15) is 4.79 Å². The van der Waals surface area contributed by atoms with E-state index in [1.165, 1.54) is 11.3 Å². The summed E-state index contributed by atoms with van der Waals surface area (Å²) in [4.78, 5) is 29.5. The minimum absolute atomic E-state index is 0.345. The molecule has 1 fully saturated rings. The minimum atomic E-state index is -0.345. The monoisotopic (exact) mass is 387 g/mol. The lowest BCUT2D eigenvalue weighted by molar-refractivity contribution is 0.0525. The maximum absolute atomic E-state index is 11.7. The van der Waals surface area contributed by atoms with Gasteiger partial charge in [0, 0.05) is 45.2 Å². The average Bonchev–Trinajstić information content (AvgIpc) is 3.30. The SMILES string of the molecule is CCOC(=O)c1nc(CN2CCN(c3ncnc4c3cnn4C)CC2)cs1. The predicted molar refractivity (Wildman–Crippen MR) is 102 cm³/mol. The Morgan fingerprint density at radius 1 is 1.26 bits per heavy atom. The Balaban J connectivity index is 1.38. The van der Waals surface area contributed by atoms with Gasteiger partial charge in [0.15, 0.2) is 5.65 Å². The fourth-order valence-corrected chi connectivity index (χ4v) is 3.91. The molecule has 3 aromatic heterocycles. The van der Waals surface area contributed by atoms with E-state index in [1.54, 1.807) is 17.9 Å². The van der Waals surface area contributed by atoms with Crippen molar-refractivity contribution in [3.05, 3.63) is 28.6 Å². The lowest BCUT2D eigenvalue weighted by Gasteiger charge is -2.35. The summed E-state index contributed by atoms with van der Waals surface area (Å²) in [6.45, 7) is 6.43. The molecule has 1 aliphatic heterocycles. The Morgan fingerprint density at radius 3 is 2.85 bits per heavy atom. The van der Waals surface area contributed by atoms with Crippen molar-refractivity contribution in [3.63, 3.8) is 0 Å². The van der Waals surface area contributed by atoms with E-state index >= 15 is 0 Å². The number of thiazole rings is 1. The van der Waals surface area contributed by atoms with E-state index in [-0.39, 0.29) is 5.97 Å². The lowest BCUT2D eigenvalue weighted by atomic mass is 10.2. The number of carbonyl (C=O) groups is 1. The Bertz CT molecular complexity index is 946. The zero-order valence-corrected chi connectivity index (χ0v) is 16.1. The summed E-state index contributed by atoms with van der Waals surface area (Å²) in [6.07, 6.45) is 3.42. The molecule has 0 amide bonds. The number of hydrogen-bond acceptors (Lipinski definition) is 9. The highest BCUT2D eigenvalue weighted by atomic mass is 32.1. The van der Waals surface area contributed by atoms with E-state index < -0.39 is 0 Å². The van der Waals surface area contributed by atoms with Crippen molar-refractivity contribution in [3.8, 4) is 0 Å². The summed E-state index contributed by atoms with van der Waals surface area (Å²) in [5, 5.41) is 7.62. The zero-order chi connectivity index (χ0) is 18.8. The van der Waals surface area contributed by atoms with Gasteiger partial charge in [0.1, 0.15) is 12.1 Å². The molecule has 0 aromatic carbocycles. The molecule has 0 spiro atoms. The Kier molecular flexibility index (Phi) is 4.99. The van der Waals surface area contributed by atoms with Crippen LogP contribution in [0.15, 0.2) is 17.9 Å². The van der Waals surface area contributed by atoms with Gasteiger partial charge in [-0.3, -0.25) is 9.58 Å². The molecule has 0 unspecified atom stereocenters. The molecule has 0 bridgehead atoms. The first kappa shape index (κ1) is 17.8. The molecule has 1 saturated heterocycles. The number of carbonyl (C=O) groups excluding carboxylic acids is 1. The molecule has 142 valence electrons. The van der Waals surface area contributed by atoms with Crippen LogP contribution in [0.25, 0.3) is 11.0 Å². The molecule has 0 N–H and O–H groups in total. The lowest BCUT2D eigenvalue weighted by Crippen LogP contribution is -2.46. The third kappa shape index (κ3) is 3.62. The van der Waals surface area contributed by atoms with Gasteiger partial charge in [0.2, 0.25) is 5.01 Å². The number of ether oxygens (including phenoxy) is 1. The van der Waals surface area contributed by atoms with Gasteiger partial charge < -0.3 is 9.64 Å². The van der Waals surface area contributed by atoms with Crippen LogP contribution in [0, 0.1) is 0 Å². The molecule has 1 aliphatic rings. The van der Waals surface area contributed by atoms with Crippen LogP contribution in [0.3, 0.4) is 0 Å². The average molecular weight is 387 g/mol. The first-order chi connectivity index (χ1) is 13.2. The Hall–Kier alpha value is -2.59. The van der Waals surface area contributed by atoms with Gasteiger partial charge in [0.05, 0.1) is 23.9 Å². The van der Waals surface area contributed by atoms with Crippen LogP contribution < -0.4 is 4.90 Å². The van der Waals surface area contributed by atoms with Crippen molar-refractivity contribution in [2.45, 2.75) is 13.5 Å². The molecule has 0 radical (unpaired) electrons. The molecule has 3 aromatic rings. The van der Waals surface area contributed by atoms with Crippen LogP contribution in [0.5, 0.6) is 0 Å². The number of nitrogens with zero attached hydrogens (tertiary/aromatic N) is 7. The molecule has 0 saturated carbocycles. The van der Waals surface area contributed by atoms with Crippen molar-refractivity contribution in [1.82, 2.24) is 29.6 Å². The summed E-state index contributed by atoms with van der Waals surface area (Å²) in [5.74, 6) is 0.592. The van der Waals surface area contributed by atoms with Crippen molar-refractivity contribution in [2.75, 3.05) is 37.7 Å². The molecular formula is C17H21N7O2S. The third-order valence-electron chi connectivity index (χ3n) is 4.57. The number of anilines is 1. The van der Waals surface area contributed by atoms with Gasteiger partial charge in [-0.25, -0.2) is 19.7 Å². The number of aromatic nitrogens is 5. The maximum atomic E-state index is 11.7. The van der Waals surface area contributed by atoms with Crippen LogP contribution in [0.4, 0.5) is 5.82 Å². The van der Waals surface area contributed by atoms with Gasteiger partial charge in [-0.1, -0.05) is 0 Å². The van der Waals surface area contributed by atoms with Gasteiger partial charge in [0.25, 0.3) is 0 Å². The topological polar surface area (TPSA) is 89.3 Å². The van der Waals surface area contributed by atoms with E-state index in [1.807, 2.05) is 18.6 Å². The number of rotatable bonds is 5. The summed E-state index contributed by atoms with van der Waals surface area (Å²) < 4.78 is 6.77. The van der Waals surface area contributed by atoms with E-state index in [4.69, 9.17) is 4.74 Å². The number of fused-ring (bicyclic) bond motifs is 1. The number of piperazine rings is 1. The van der Waals surface area contributed by atoms with Crippen LogP contribution in [0.1, 0.15) is 22.4 Å². The fourth-order valence-electron chi connectivity index (χ4n) is 3.21. The second-order valence-electron chi connectivity index (χ2n) is 6.33. The summed E-state index contributed by atoms with van der Waals surface area (Å²) in [7, 11) is 1.88. The summed E-state index contributed by atoms with van der Waals surface area (Å²) >= 11 is 1.34. The second kappa shape index (κ2) is 7.57. The molecule has 10 heteroatoms. The van der Waals surface area contributed by atoms with Crippen molar-refractivity contribution < 1.29 is 9.53 Å². The summed E-state index contributed by atoms with van der Waals surface area (Å²) in [5.41, 5.74) is 1.75. The quantitative estimate of drug-likeness (QED) is 0.606. The molecule has 27 heavy (non-hydrogen) atoms. The standard InChI is InChI=1S/C17H21N7O2S/c1-3-26-17(25)16-21-12(10-27-16)9-23-4-6-24(7-5-23)15-13-8-20-22(2)14(13)18-11-19-15/h8,10-11H,3-7,9H2,1-2H3. The number of esters is 1. The molecule has 0 atom stereocenters. The first-order valence-electron chi connectivity index (χ1n) is 8.87. The molecule has 0 aliphatic carbocycles. The van der Waals surface area contributed by atoms with E-state index in [2.05, 4.69) is 29.9 Å². The van der Waals surface area contributed by atoms with Gasteiger partial charge in [-0.05, 0) is 6.92 Å². The van der Waals surface area contributed by atoms with E-state index in [0.29, 0.717) is 11.6 Å². The van der Waals surface area contributed by atoms with Crippen LogP contribution in [-0.4, -0.2) is 68.4 Å². The van der Waals surface area contributed by atoms with Crippen LogP contribution >= 0.6 is 11.3 Å². The van der Waals surface area contributed by atoms with Gasteiger partial charge in [-0.2, -0.15) is 5.10 Å². The minimum Gasteiger partial charge on any atom is -0.461 e. The largest absolute Gasteiger partial charge is 0.461 e. The van der Waals surface area contributed by atoms with Crippen molar-refractivity contribution in [1.29, 1.82) is 0 Å². The molecular weight excluding hydrogens is 366 g/mol. The normalized spacial score (nSPS) is 15.4. The Labute approximate surface area is 160 Å². The number of hydrogen-bond donors (Lipinski definition) is 0. The second-order valence-corrected chi connectivity index (χ2v) is 7.19. The highest BCUT2D eigenvalue weighted by molar-refractivity contribution is 7.11. The van der Waals surface area contributed by atoms with E-state index in [0.717, 1.165) is 55.3 Å². The van der Waals surface area contributed by atoms with Crippen molar-refractivity contribution in [2.24, 2.45) is 7.05 Å². The van der Waals surface area contributed by atoms with Crippen LogP contribution in [0.2, 0.25) is 0 Å². The zero-order valence-electron chi connectivity index (χ0n) is 15.3.